The van der Waals surface area contributed by atoms with E-state index < -0.39 is 11.7 Å². The first-order valence-corrected chi connectivity index (χ1v) is 7.92. The molecule has 3 aromatic rings. The summed E-state index contributed by atoms with van der Waals surface area (Å²) in [5, 5.41) is 0.824. The summed E-state index contributed by atoms with van der Waals surface area (Å²) >= 11 is 0. The van der Waals surface area contributed by atoms with E-state index in [-0.39, 0.29) is 5.56 Å². The quantitative estimate of drug-likeness (QED) is 0.663. The molecule has 128 valence electrons. The van der Waals surface area contributed by atoms with Gasteiger partial charge < -0.3 is 9.88 Å². The highest BCUT2D eigenvalue weighted by molar-refractivity contribution is 6.01. The largest absolute Gasteiger partial charge is 0.416 e. The Bertz CT molecular complexity index is 1040. The Labute approximate surface area is 141 Å². The number of rotatable bonds is 0. The SMILES string of the molecule is CN1CCc2ccc(C(F)(F)F)cc2-c2ccc3[nH]c(=O)ccc3c21. The van der Waals surface area contributed by atoms with E-state index in [0.29, 0.717) is 24.0 Å². The predicted octanol–water partition coefficient (Wildman–Crippen LogP) is 4.21. The Balaban J connectivity index is 2.05. The van der Waals surface area contributed by atoms with Crippen molar-refractivity contribution in [2.45, 2.75) is 12.6 Å². The molecule has 0 atom stereocenters. The molecule has 0 bridgehead atoms. The fourth-order valence-corrected chi connectivity index (χ4v) is 3.47. The van der Waals surface area contributed by atoms with Crippen molar-refractivity contribution in [1.29, 1.82) is 0 Å². The zero-order valence-electron chi connectivity index (χ0n) is 13.4. The van der Waals surface area contributed by atoms with Crippen molar-refractivity contribution in [3.8, 4) is 11.1 Å². The zero-order chi connectivity index (χ0) is 17.8. The van der Waals surface area contributed by atoms with E-state index >= 15 is 0 Å². The van der Waals surface area contributed by atoms with Crippen LogP contribution >= 0.6 is 0 Å². The number of pyridine rings is 1. The van der Waals surface area contributed by atoms with Gasteiger partial charge in [-0.25, -0.2) is 0 Å². The van der Waals surface area contributed by atoms with Gasteiger partial charge in [-0.2, -0.15) is 13.2 Å². The highest BCUT2D eigenvalue weighted by Gasteiger charge is 2.32. The zero-order valence-corrected chi connectivity index (χ0v) is 13.4. The van der Waals surface area contributed by atoms with Crippen molar-refractivity contribution in [2.75, 3.05) is 18.5 Å². The van der Waals surface area contributed by atoms with Crippen LogP contribution in [0.4, 0.5) is 18.9 Å². The van der Waals surface area contributed by atoms with Gasteiger partial charge in [0.2, 0.25) is 5.56 Å². The first-order chi connectivity index (χ1) is 11.8. The standard InChI is InChI=1S/C19H15F3N2O/c1-24-9-8-11-2-3-12(19(20,21)22)10-15(11)13-4-6-16-14(18(13)24)5-7-17(25)23-16/h2-7,10H,8-9H2,1H3,(H,23,25). The van der Waals surface area contributed by atoms with Crippen molar-refractivity contribution in [1.82, 2.24) is 4.98 Å². The van der Waals surface area contributed by atoms with Crippen LogP contribution in [0.15, 0.2) is 47.3 Å². The maximum Gasteiger partial charge on any atom is 0.416 e. The van der Waals surface area contributed by atoms with Gasteiger partial charge in [0.05, 0.1) is 16.8 Å². The molecule has 0 unspecified atom stereocenters. The number of aromatic amines is 1. The Morgan fingerprint density at radius 1 is 1.04 bits per heavy atom. The van der Waals surface area contributed by atoms with E-state index in [4.69, 9.17) is 0 Å². The van der Waals surface area contributed by atoms with Crippen LogP contribution in [0.2, 0.25) is 0 Å². The second kappa shape index (κ2) is 5.37. The first-order valence-electron chi connectivity index (χ1n) is 7.92. The van der Waals surface area contributed by atoms with Gasteiger partial charge in [-0.05, 0) is 41.8 Å². The molecule has 6 heteroatoms. The number of halogens is 3. The third kappa shape index (κ3) is 2.58. The molecule has 0 saturated heterocycles. The third-order valence-corrected chi connectivity index (χ3v) is 4.70. The number of nitrogens with one attached hydrogen (secondary N) is 1. The molecule has 0 saturated carbocycles. The number of likely N-dealkylation sites (N-methyl/N-ethyl adjacent to an activating group) is 1. The Morgan fingerprint density at radius 2 is 1.84 bits per heavy atom. The van der Waals surface area contributed by atoms with Crippen molar-refractivity contribution in [3.05, 3.63) is 63.9 Å². The summed E-state index contributed by atoms with van der Waals surface area (Å²) in [4.78, 5) is 16.4. The van der Waals surface area contributed by atoms with Gasteiger partial charge >= 0.3 is 6.18 Å². The molecular weight excluding hydrogens is 329 g/mol. The average molecular weight is 344 g/mol. The Morgan fingerprint density at radius 3 is 2.60 bits per heavy atom. The molecule has 1 aliphatic rings. The van der Waals surface area contributed by atoms with E-state index in [1.54, 1.807) is 24.3 Å². The molecule has 0 fully saturated rings. The molecule has 25 heavy (non-hydrogen) atoms. The van der Waals surface area contributed by atoms with E-state index in [2.05, 4.69) is 4.98 Å². The van der Waals surface area contributed by atoms with Crippen LogP contribution < -0.4 is 10.5 Å². The number of hydrogen-bond acceptors (Lipinski definition) is 2. The minimum absolute atomic E-state index is 0.205. The first kappa shape index (κ1) is 15.7. The average Bonchev–Trinajstić information content (AvgIpc) is 2.71. The second-order valence-corrected chi connectivity index (χ2v) is 6.29. The highest BCUT2D eigenvalue weighted by atomic mass is 19.4. The summed E-state index contributed by atoms with van der Waals surface area (Å²) in [6.45, 7) is 0.684. The number of nitrogens with zero attached hydrogens (tertiary/aromatic N) is 1. The molecule has 0 aliphatic carbocycles. The fraction of sp³-hybridized carbons (Fsp3) is 0.211. The predicted molar refractivity (Wildman–Crippen MR) is 92.0 cm³/mol. The van der Waals surface area contributed by atoms with Gasteiger partial charge in [-0.1, -0.05) is 12.1 Å². The molecule has 2 aromatic carbocycles. The van der Waals surface area contributed by atoms with Crippen LogP contribution in [-0.4, -0.2) is 18.6 Å². The minimum atomic E-state index is -4.38. The Kier molecular flexibility index (Phi) is 3.39. The number of aromatic nitrogens is 1. The molecule has 0 spiro atoms. The molecule has 0 amide bonds. The molecule has 0 radical (unpaired) electrons. The topological polar surface area (TPSA) is 36.1 Å². The molecule has 2 heterocycles. The van der Waals surface area contributed by atoms with Crippen LogP contribution in [0.5, 0.6) is 0 Å². The molecule has 3 nitrogen and oxygen atoms in total. The van der Waals surface area contributed by atoms with E-state index in [1.165, 1.54) is 12.1 Å². The van der Waals surface area contributed by atoms with E-state index in [1.807, 2.05) is 11.9 Å². The summed E-state index contributed by atoms with van der Waals surface area (Å²) in [5.74, 6) is 0. The lowest BCUT2D eigenvalue weighted by molar-refractivity contribution is -0.137. The lowest BCUT2D eigenvalue weighted by Gasteiger charge is -2.21. The van der Waals surface area contributed by atoms with Crippen molar-refractivity contribution in [2.24, 2.45) is 0 Å². The number of hydrogen-bond donors (Lipinski definition) is 1. The Hall–Kier alpha value is -2.76. The van der Waals surface area contributed by atoms with Crippen molar-refractivity contribution < 1.29 is 13.2 Å². The van der Waals surface area contributed by atoms with Crippen LogP contribution in [0.25, 0.3) is 22.0 Å². The summed E-state index contributed by atoms with van der Waals surface area (Å²) in [6, 6.07) is 10.6. The highest BCUT2D eigenvalue weighted by Crippen LogP contribution is 2.42. The summed E-state index contributed by atoms with van der Waals surface area (Å²) < 4.78 is 39.5. The van der Waals surface area contributed by atoms with Crippen LogP contribution in [0.3, 0.4) is 0 Å². The number of benzene rings is 2. The van der Waals surface area contributed by atoms with Gasteiger partial charge in [0.25, 0.3) is 0 Å². The molecule has 1 aromatic heterocycles. The van der Waals surface area contributed by atoms with Crippen molar-refractivity contribution in [3.63, 3.8) is 0 Å². The summed E-state index contributed by atoms with van der Waals surface area (Å²) in [6.07, 6.45) is -3.72. The maximum atomic E-state index is 13.2. The summed E-state index contributed by atoms with van der Waals surface area (Å²) in [5.41, 5.74) is 2.90. The maximum absolute atomic E-state index is 13.2. The van der Waals surface area contributed by atoms with Crippen LogP contribution in [-0.2, 0) is 12.6 Å². The number of fused-ring (bicyclic) bond motifs is 5. The lowest BCUT2D eigenvalue weighted by atomic mass is 9.94. The summed E-state index contributed by atoms with van der Waals surface area (Å²) in [7, 11) is 1.92. The monoisotopic (exact) mass is 344 g/mol. The van der Waals surface area contributed by atoms with Gasteiger partial charge in [0, 0.05) is 30.6 Å². The molecule has 1 N–H and O–H groups in total. The molecular formula is C19H15F3N2O. The molecule has 1 aliphatic heterocycles. The van der Waals surface area contributed by atoms with E-state index in [9.17, 15) is 18.0 Å². The second-order valence-electron chi connectivity index (χ2n) is 6.29. The smallest absolute Gasteiger partial charge is 0.373 e. The lowest BCUT2D eigenvalue weighted by Crippen LogP contribution is -2.19. The van der Waals surface area contributed by atoms with Gasteiger partial charge in [-0.3, -0.25) is 4.79 Å². The third-order valence-electron chi connectivity index (χ3n) is 4.70. The van der Waals surface area contributed by atoms with E-state index in [0.717, 1.165) is 28.3 Å². The minimum Gasteiger partial charge on any atom is -0.373 e. The number of H-pyrrole nitrogens is 1. The fourth-order valence-electron chi connectivity index (χ4n) is 3.47. The normalized spacial score (nSPS) is 14.2. The van der Waals surface area contributed by atoms with Crippen molar-refractivity contribution >= 4 is 16.6 Å². The van der Waals surface area contributed by atoms with Gasteiger partial charge in [0.15, 0.2) is 0 Å². The number of anilines is 1. The van der Waals surface area contributed by atoms with Gasteiger partial charge in [0.1, 0.15) is 0 Å². The number of alkyl halides is 3. The van der Waals surface area contributed by atoms with Crippen LogP contribution in [0.1, 0.15) is 11.1 Å². The van der Waals surface area contributed by atoms with Gasteiger partial charge in [-0.15, -0.1) is 0 Å². The van der Waals surface area contributed by atoms with Crippen LogP contribution in [0, 0.1) is 0 Å². The molecule has 4 rings (SSSR count).